The van der Waals surface area contributed by atoms with Crippen molar-refractivity contribution < 1.29 is 13.2 Å². The fourth-order valence-corrected chi connectivity index (χ4v) is 5.03. The predicted molar refractivity (Wildman–Crippen MR) is 96.2 cm³/mol. The lowest BCUT2D eigenvalue weighted by atomic mass is 9.96. The number of sulfonamides is 1. The van der Waals surface area contributed by atoms with Gasteiger partial charge >= 0.3 is 0 Å². The first-order chi connectivity index (χ1) is 11.9. The second kappa shape index (κ2) is 7.59. The summed E-state index contributed by atoms with van der Waals surface area (Å²) in [6.07, 6.45) is 4.89. The van der Waals surface area contributed by atoms with Gasteiger partial charge in [-0.15, -0.1) is 10.2 Å². The molecule has 1 aliphatic rings. The molecule has 1 aliphatic carbocycles. The third-order valence-electron chi connectivity index (χ3n) is 4.06. The lowest BCUT2D eigenvalue weighted by molar-refractivity contribution is 0.102. The van der Waals surface area contributed by atoms with Gasteiger partial charge in [-0.2, -0.15) is 0 Å². The molecule has 1 aromatic carbocycles. The Labute approximate surface area is 150 Å². The molecule has 0 unspecified atom stereocenters. The van der Waals surface area contributed by atoms with Crippen molar-refractivity contribution in [3.63, 3.8) is 0 Å². The second-order valence-electron chi connectivity index (χ2n) is 6.15. The van der Waals surface area contributed by atoms with Crippen molar-refractivity contribution in [3.05, 3.63) is 35.4 Å². The molecule has 0 bridgehead atoms. The summed E-state index contributed by atoms with van der Waals surface area (Å²) >= 11 is 0.851. The average molecular weight is 380 g/mol. The van der Waals surface area contributed by atoms with Gasteiger partial charge in [-0.1, -0.05) is 48.3 Å². The Kier molecular flexibility index (Phi) is 5.45. The highest BCUT2D eigenvalue weighted by molar-refractivity contribution is 7.91. The molecule has 25 heavy (non-hydrogen) atoms. The molecular formula is C16H20N4O3S2. The number of benzene rings is 1. The summed E-state index contributed by atoms with van der Waals surface area (Å²) < 4.78 is 27.4. The van der Waals surface area contributed by atoms with Crippen LogP contribution in [0.1, 0.15) is 48.0 Å². The topological polar surface area (TPSA) is 101 Å². The van der Waals surface area contributed by atoms with Gasteiger partial charge in [0, 0.05) is 11.6 Å². The molecule has 1 saturated carbocycles. The van der Waals surface area contributed by atoms with Crippen LogP contribution >= 0.6 is 11.3 Å². The molecule has 1 aromatic heterocycles. The van der Waals surface area contributed by atoms with E-state index in [2.05, 4.69) is 20.2 Å². The maximum Gasteiger partial charge on any atom is 0.270 e. The van der Waals surface area contributed by atoms with Crippen LogP contribution in [-0.4, -0.2) is 30.6 Å². The van der Waals surface area contributed by atoms with Crippen molar-refractivity contribution in [2.24, 2.45) is 0 Å². The standard InChI is InChI=1S/C16H20N4O3S2/c1-11-6-5-7-12(10-11)14(21)17-15-18-19-16(24-15)25(22,23)20-13-8-3-2-4-9-13/h5-7,10,13,20H,2-4,8-9H2,1H3,(H,17,18,21). The highest BCUT2D eigenvalue weighted by Gasteiger charge is 2.25. The fraction of sp³-hybridized carbons (Fsp3) is 0.438. The second-order valence-corrected chi connectivity index (χ2v) is 9.02. The number of nitrogens with one attached hydrogen (secondary N) is 2. The first kappa shape index (κ1) is 18.0. The molecule has 1 fully saturated rings. The summed E-state index contributed by atoms with van der Waals surface area (Å²) in [4.78, 5) is 12.2. The smallest absolute Gasteiger partial charge is 0.270 e. The third-order valence-corrected chi connectivity index (χ3v) is 6.79. The number of hydrogen-bond donors (Lipinski definition) is 2. The van der Waals surface area contributed by atoms with Gasteiger partial charge in [0.1, 0.15) is 0 Å². The fourth-order valence-electron chi connectivity index (χ4n) is 2.81. The summed E-state index contributed by atoms with van der Waals surface area (Å²) in [5, 5.41) is 10.3. The largest absolute Gasteiger partial charge is 0.296 e. The van der Waals surface area contributed by atoms with Crippen molar-refractivity contribution >= 4 is 32.4 Å². The van der Waals surface area contributed by atoms with Crippen molar-refractivity contribution in [1.29, 1.82) is 0 Å². The Morgan fingerprint density at radius 1 is 1.20 bits per heavy atom. The minimum Gasteiger partial charge on any atom is -0.296 e. The molecule has 2 aromatic rings. The van der Waals surface area contributed by atoms with Crippen LogP contribution < -0.4 is 10.0 Å². The van der Waals surface area contributed by atoms with Gasteiger partial charge < -0.3 is 0 Å². The normalized spacial score (nSPS) is 15.9. The summed E-state index contributed by atoms with van der Waals surface area (Å²) in [6.45, 7) is 1.89. The summed E-state index contributed by atoms with van der Waals surface area (Å²) in [6, 6.07) is 7.06. The molecule has 1 amide bonds. The molecule has 9 heteroatoms. The highest BCUT2D eigenvalue weighted by atomic mass is 32.2. The summed E-state index contributed by atoms with van der Waals surface area (Å²) in [5.74, 6) is -0.343. The molecule has 2 N–H and O–H groups in total. The van der Waals surface area contributed by atoms with E-state index >= 15 is 0 Å². The van der Waals surface area contributed by atoms with E-state index in [0.717, 1.165) is 49.0 Å². The lowest BCUT2D eigenvalue weighted by Gasteiger charge is -2.21. The molecule has 0 radical (unpaired) electrons. The number of nitrogens with zero attached hydrogens (tertiary/aromatic N) is 2. The van der Waals surface area contributed by atoms with Gasteiger partial charge in [0.2, 0.25) is 9.47 Å². The Morgan fingerprint density at radius 3 is 2.68 bits per heavy atom. The molecule has 0 aliphatic heterocycles. The van der Waals surface area contributed by atoms with Crippen LogP contribution in [0, 0.1) is 6.92 Å². The van der Waals surface area contributed by atoms with Gasteiger partial charge in [0.25, 0.3) is 15.9 Å². The Balaban J connectivity index is 1.68. The Bertz CT molecular complexity index is 858. The van der Waals surface area contributed by atoms with Gasteiger partial charge in [-0.05, 0) is 31.9 Å². The van der Waals surface area contributed by atoms with E-state index in [1.807, 2.05) is 13.0 Å². The Hall–Kier alpha value is -1.84. The van der Waals surface area contributed by atoms with E-state index in [0.29, 0.717) is 5.56 Å². The molecule has 7 nitrogen and oxygen atoms in total. The number of carbonyl (C=O) groups excluding carboxylic acids is 1. The van der Waals surface area contributed by atoms with Crippen LogP contribution in [0.4, 0.5) is 5.13 Å². The number of carbonyl (C=O) groups is 1. The third kappa shape index (κ3) is 4.62. The molecular weight excluding hydrogens is 360 g/mol. The maximum atomic E-state index is 12.4. The van der Waals surface area contributed by atoms with Crippen molar-refractivity contribution in [2.75, 3.05) is 5.32 Å². The highest BCUT2D eigenvalue weighted by Crippen LogP contribution is 2.23. The predicted octanol–water partition coefficient (Wildman–Crippen LogP) is 2.71. The quantitative estimate of drug-likeness (QED) is 0.777. The summed E-state index contributed by atoms with van der Waals surface area (Å²) in [5.41, 5.74) is 1.45. The van der Waals surface area contributed by atoms with Gasteiger partial charge in [0.05, 0.1) is 0 Å². The molecule has 3 rings (SSSR count). The molecule has 1 heterocycles. The van der Waals surface area contributed by atoms with E-state index in [9.17, 15) is 13.2 Å². The van der Waals surface area contributed by atoms with Crippen LogP contribution in [-0.2, 0) is 10.0 Å². The number of rotatable bonds is 5. The first-order valence-electron chi connectivity index (χ1n) is 8.18. The van der Waals surface area contributed by atoms with Crippen molar-refractivity contribution in [1.82, 2.24) is 14.9 Å². The van der Waals surface area contributed by atoms with Gasteiger partial charge in [0.15, 0.2) is 0 Å². The first-order valence-corrected chi connectivity index (χ1v) is 10.5. The number of aryl methyl sites for hydroxylation is 1. The zero-order valence-electron chi connectivity index (χ0n) is 13.9. The van der Waals surface area contributed by atoms with Crippen LogP contribution in [0.5, 0.6) is 0 Å². The molecule has 134 valence electrons. The number of hydrogen-bond acceptors (Lipinski definition) is 6. The number of amides is 1. The molecule has 0 saturated heterocycles. The minimum atomic E-state index is -3.70. The zero-order chi connectivity index (χ0) is 17.9. The minimum absolute atomic E-state index is 0.0482. The van der Waals surface area contributed by atoms with Crippen LogP contribution in [0.3, 0.4) is 0 Å². The van der Waals surface area contributed by atoms with Crippen molar-refractivity contribution in [3.8, 4) is 0 Å². The van der Waals surface area contributed by atoms with E-state index in [4.69, 9.17) is 0 Å². The van der Waals surface area contributed by atoms with Crippen molar-refractivity contribution in [2.45, 2.75) is 49.4 Å². The van der Waals surface area contributed by atoms with Gasteiger partial charge in [-0.3, -0.25) is 10.1 Å². The van der Waals surface area contributed by atoms with E-state index in [1.54, 1.807) is 18.2 Å². The van der Waals surface area contributed by atoms with E-state index in [1.165, 1.54) is 0 Å². The number of anilines is 1. The van der Waals surface area contributed by atoms with E-state index in [-0.39, 0.29) is 21.4 Å². The van der Waals surface area contributed by atoms with Crippen LogP contribution in [0.25, 0.3) is 0 Å². The lowest BCUT2D eigenvalue weighted by Crippen LogP contribution is -2.36. The van der Waals surface area contributed by atoms with Gasteiger partial charge in [-0.25, -0.2) is 13.1 Å². The Morgan fingerprint density at radius 2 is 1.96 bits per heavy atom. The number of aromatic nitrogens is 2. The monoisotopic (exact) mass is 380 g/mol. The van der Waals surface area contributed by atoms with Crippen LogP contribution in [0.2, 0.25) is 0 Å². The average Bonchev–Trinajstić information content (AvgIpc) is 3.05. The van der Waals surface area contributed by atoms with Crippen LogP contribution in [0.15, 0.2) is 28.6 Å². The molecule has 0 spiro atoms. The maximum absolute atomic E-state index is 12.4. The summed E-state index contributed by atoms with van der Waals surface area (Å²) in [7, 11) is -3.70. The molecule has 0 atom stereocenters. The zero-order valence-corrected chi connectivity index (χ0v) is 15.5. The SMILES string of the molecule is Cc1cccc(C(=O)Nc2nnc(S(=O)(=O)NC3CCCCC3)s2)c1. The van der Waals surface area contributed by atoms with E-state index < -0.39 is 10.0 Å².